The summed E-state index contributed by atoms with van der Waals surface area (Å²) in [6.45, 7) is 0. The average Bonchev–Trinajstić information content (AvgIpc) is 3.17. The number of hydrogen-bond acceptors (Lipinski definition) is 3. The van der Waals surface area contributed by atoms with Crippen molar-refractivity contribution in [3.63, 3.8) is 0 Å². The number of benzene rings is 2. The van der Waals surface area contributed by atoms with Gasteiger partial charge >= 0.3 is 5.97 Å². The topological polar surface area (TPSA) is 59.2 Å². The number of allylic oxidation sites excluding steroid dienone is 2. The van der Waals surface area contributed by atoms with Crippen molar-refractivity contribution in [1.82, 2.24) is 4.98 Å². The highest BCUT2D eigenvalue weighted by Gasteiger charge is 2.30. The van der Waals surface area contributed by atoms with Crippen LogP contribution in [0.3, 0.4) is 0 Å². The third-order valence-corrected chi connectivity index (χ3v) is 5.03. The van der Waals surface area contributed by atoms with Crippen molar-refractivity contribution in [3.05, 3.63) is 84.1 Å². The summed E-state index contributed by atoms with van der Waals surface area (Å²) in [5.74, 6) is -0.697. The predicted octanol–water partition coefficient (Wildman–Crippen LogP) is 4.99. The Kier molecular flexibility index (Phi) is 4.88. The molecule has 4 nitrogen and oxygen atoms in total. The monoisotopic (exact) mass is 359 g/mol. The Balaban J connectivity index is 1.66. The van der Waals surface area contributed by atoms with Crippen molar-refractivity contribution in [3.8, 4) is 0 Å². The minimum atomic E-state index is -0.941. The Hall–Kier alpha value is -3.14. The van der Waals surface area contributed by atoms with Gasteiger partial charge in [0.05, 0.1) is 5.92 Å². The standard InChI is InChI=1S/C23H21NO3/c25-21(19-15-24-20-14-8-7-13-18(19)20)22(16-9-3-1-4-10-16)27-23(26)17-11-5-2-6-12-17/h1-5,7-10,13-15,17,22,24H,6,11-12H2/t17-,22+/m1/s1. The molecular formula is C23H21NO3. The lowest BCUT2D eigenvalue weighted by atomic mass is 9.94. The lowest BCUT2D eigenvalue weighted by Crippen LogP contribution is -2.25. The Labute approximate surface area is 157 Å². The van der Waals surface area contributed by atoms with Crippen LogP contribution in [0.5, 0.6) is 0 Å². The lowest BCUT2D eigenvalue weighted by Gasteiger charge is -2.22. The smallest absolute Gasteiger partial charge is 0.310 e. The van der Waals surface area contributed by atoms with Crippen molar-refractivity contribution >= 4 is 22.7 Å². The number of hydrogen-bond donors (Lipinski definition) is 1. The van der Waals surface area contributed by atoms with Crippen LogP contribution in [-0.4, -0.2) is 16.7 Å². The van der Waals surface area contributed by atoms with Crippen molar-refractivity contribution < 1.29 is 14.3 Å². The first-order chi connectivity index (χ1) is 13.2. The van der Waals surface area contributed by atoms with Gasteiger partial charge in [-0.25, -0.2) is 0 Å². The van der Waals surface area contributed by atoms with Crippen LogP contribution >= 0.6 is 0 Å². The first-order valence-corrected chi connectivity index (χ1v) is 9.25. The molecule has 0 saturated carbocycles. The molecule has 2 aromatic carbocycles. The maximum absolute atomic E-state index is 13.3. The van der Waals surface area contributed by atoms with Crippen molar-refractivity contribution in [2.75, 3.05) is 0 Å². The number of carbonyl (C=O) groups is 2. The number of rotatable bonds is 5. The largest absolute Gasteiger partial charge is 0.449 e. The van der Waals surface area contributed by atoms with E-state index in [0.29, 0.717) is 17.5 Å². The molecule has 2 atom stereocenters. The zero-order valence-corrected chi connectivity index (χ0v) is 14.9. The number of fused-ring (bicyclic) bond motifs is 1. The SMILES string of the molecule is O=C(O[C@H](C(=O)c1c[nH]c2ccccc12)c1ccccc1)[C@@H]1CC=CCC1. The molecule has 1 aliphatic rings. The van der Waals surface area contributed by atoms with Gasteiger partial charge < -0.3 is 9.72 Å². The number of para-hydroxylation sites is 1. The fourth-order valence-electron chi connectivity index (χ4n) is 3.54. The summed E-state index contributed by atoms with van der Waals surface area (Å²) in [4.78, 5) is 29.2. The number of esters is 1. The molecule has 1 aromatic heterocycles. The lowest BCUT2D eigenvalue weighted by molar-refractivity contribution is -0.152. The Bertz CT molecular complexity index is 987. The van der Waals surface area contributed by atoms with Gasteiger partial charge in [-0.05, 0) is 25.3 Å². The van der Waals surface area contributed by atoms with Gasteiger partial charge in [0.1, 0.15) is 0 Å². The summed E-state index contributed by atoms with van der Waals surface area (Å²) in [5, 5.41) is 0.833. The zero-order chi connectivity index (χ0) is 18.6. The van der Waals surface area contributed by atoms with Gasteiger partial charge in [0.25, 0.3) is 0 Å². The summed E-state index contributed by atoms with van der Waals surface area (Å²) in [5.41, 5.74) is 2.11. The van der Waals surface area contributed by atoms with Crippen LogP contribution < -0.4 is 0 Å². The molecule has 0 aliphatic heterocycles. The summed E-state index contributed by atoms with van der Waals surface area (Å²) in [6.07, 6.45) is 7.14. The Morgan fingerprint density at radius 1 is 1.00 bits per heavy atom. The van der Waals surface area contributed by atoms with Gasteiger partial charge in [-0.2, -0.15) is 0 Å². The molecular weight excluding hydrogens is 338 g/mol. The van der Waals surface area contributed by atoms with Crippen LogP contribution in [0, 0.1) is 5.92 Å². The van der Waals surface area contributed by atoms with Crippen molar-refractivity contribution in [2.45, 2.75) is 25.4 Å². The number of aromatic amines is 1. The number of aromatic nitrogens is 1. The Morgan fingerprint density at radius 3 is 2.56 bits per heavy atom. The first kappa shape index (κ1) is 17.3. The molecule has 0 spiro atoms. The van der Waals surface area contributed by atoms with Crippen LogP contribution in [0.4, 0.5) is 0 Å². The molecule has 27 heavy (non-hydrogen) atoms. The number of Topliss-reactive ketones (excluding diaryl/α,β-unsaturated/α-hetero) is 1. The number of ketones is 1. The minimum Gasteiger partial charge on any atom is -0.449 e. The summed E-state index contributed by atoms with van der Waals surface area (Å²) in [7, 11) is 0. The van der Waals surface area contributed by atoms with Crippen LogP contribution in [-0.2, 0) is 9.53 Å². The van der Waals surface area contributed by atoms with Gasteiger partial charge in [0.2, 0.25) is 5.78 Å². The van der Waals surface area contributed by atoms with E-state index < -0.39 is 6.10 Å². The van der Waals surface area contributed by atoms with E-state index in [9.17, 15) is 9.59 Å². The summed E-state index contributed by atoms with van der Waals surface area (Å²) >= 11 is 0. The molecule has 4 heteroatoms. The van der Waals surface area contributed by atoms with E-state index >= 15 is 0 Å². The molecule has 1 N–H and O–H groups in total. The molecule has 3 aromatic rings. The van der Waals surface area contributed by atoms with Crippen molar-refractivity contribution in [2.24, 2.45) is 5.92 Å². The second kappa shape index (κ2) is 7.62. The maximum Gasteiger partial charge on any atom is 0.310 e. The fraction of sp³-hybridized carbons (Fsp3) is 0.217. The van der Waals surface area contributed by atoms with E-state index in [1.54, 1.807) is 6.20 Å². The van der Waals surface area contributed by atoms with Crippen molar-refractivity contribution in [1.29, 1.82) is 0 Å². The van der Waals surface area contributed by atoms with Gasteiger partial charge in [-0.1, -0.05) is 60.7 Å². The predicted molar refractivity (Wildman–Crippen MR) is 104 cm³/mol. The van der Waals surface area contributed by atoms with Crippen LogP contribution in [0.15, 0.2) is 72.9 Å². The number of nitrogens with one attached hydrogen (secondary N) is 1. The first-order valence-electron chi connectivity index (χ1n) is 9.25. The molecule has 0 amide bonds. The number of carbonyl (C=O) groups excluding carboxylic acids is 2. The highest BCUT2D eigenvalue weighted by Crippen LogP contribution is 2.29. The molecule has 0 bridgehead atoms. The van der Waals surface area contributed by atoms with E-state index in [0.717, 1.165) is 23.7 Å². The van der Waals surface area contributed by atoms with E-state index in [-0.39, 0.29) is 17.7 Å². The maximum atomic E-state index is 13.3. The molecule has 1 aliphatic carbocycles. The van der Waals surface area contributed by atoms with Crippen LogP contribution in [0.2, 0.25) is 0 Å². The third-order valence-electron chi connectivity index (χ3n) is 5.03. The molecule has 0 unspecified atom stereocenters. The van der Waals surface area contributed by atoms with Gasteiger partial charge in [-0.15, -0.1) is 0 Å². The molecule has 136 valence electrons. The van der Waals surface area contributed by atoms with Gasteiger partial charge in [-0.3, -0.25) is 9.59 Å². The third kappa shape index (κ3) is 3.56. The molecule has 0 saturated heterocycles. The normalized spacial score (nSPS) is 17.6. The van der Waals surface area contributed by atoms with Gasteiger partial charge in [0, 0.05) is 28.2 Å². The number of ether oxygens (including phenoxy) is 1. The fourth-order valence-corrected chi connectivity index (χ4v) is 3.54. The second-order valence-corrected chi connectivity index (χ2v) is 6.82. The van der Waals surface area contributed by atoms with E-state index in [1.807, 2.05) is 60.7 Å². The highest BCUT2D eigenvalue weighted by molar-refractivity contribution is 6.10. The highest BCUT2D eigenvalue weighted by atomic mass is 16.5. The van der Waals surface area contributed by atoms with Gasteiger partial charge in [0.15, 0.2) is 6.10 Å². The summed E-state index contributed by atoms with van der Waals surface area (Å²) < 4.78 is 5.77. The molecule has 1 heterocycles. The quantitative estimate of drug-likeness (QED) is 0.396. The van der Waals surface area contributed by atoms with E-state index in [2.05, 4.69) is 11.1 Å². The average molecular weight is 359 g/mol. The van der Waals surface area contributed by atoms with Crippen LogP contribution in [0.25, 0.3) is 10.9 Å². The summed E-state index contributed by atoms with van der Waals surface area (Å²) in [6, 6.07) is 16.9. The second-order valence-electron chi connectivity index (χ2n) is 6.82. The molecule has 0 fully saturated rings. The number of H-pyrrole nitrogens is 1. The Morgan fingerprint density at radius 2 is 1.78 bits per heavy atom. The van der Waals surface area contributed by atoms with E-state index in [1.165, 1.54) is 0 Å². The zero-order valence-electron chi connectivity index (χ0n) is 14.9. The van der Waals surface area contributed by atoms with Crippen LogP contribution in [0.1, 0.15) is 41.3 Å². The molecule has 4 rings (SSSR count). The van der Waals surface area contributed by atoms with E-state index in [4.69, 9.17) is 4.74 Å². The molecule has 0 radical (unpaired) electrons. The minimum absolute atomic E-state index is 0.183.